The summed E-state index contributed by atoms with van der Waals surface area (Å²) in [5, 5.41) is 10.2. The first-order valence-electron chi connectivity index (χ1n) is 12.7. The van der Waals surface area contributed by atoms with Gasteiger partial charge in [-0.25, -0.2) is 0 Å². The van der Waals surface area contributed by atoms with Gasteiger partial charge in [0.1, 0.15) is 0 Å². The molecule has 0 aromatic carbocycles. The number of halogens is 3. The number of rotatable bonds is 3. The molecule has 9 atom stereocenters. The van der Waals surface area contributed by atoms with Crippen LogP contribution in [0.3, 0.4) is 0 Å². The van der Waals surface area contributed by atoms with Crippen LogP contribution in [-0.4, -0.2) is 17.4 Å². The van der Waals surface area contributed by atoms with E-state index in [2.05, 4.69) is 20.8 Å². The quantitative estimate of drug-likeness (QED) is 0.444. The lowest BCUT2D eigenvalue weighted by Gasteiger charge is -2.61. The molecule has 0 heterocycles. The van der Waals surface area contributed by atoms with Gasteiger partial charge in [0.2, 0.25) is 0 Å². The molecule has 0 aromatic heterocycles. The predicted molar refractivity (Wildman–Crippen MR) is 119 cm³/mol. The molecule has 0 aromatic rings. The van der Waals surface area contributed by atoms with Gasteiger partial charge in [-0.15, -0.1) is 0 Å². The van der Waals surface area contributed by atoms with Gasteiger partial charge >= 0.3 is 6.18 Å². The second kappa shape index (κ2) is 7.77. The zero-order valence-corrected chi connectivity index (χ0v) is 20.1. The lowest BCUT2D eigenvalue weighted by molar-refractivity contribution is -0.193. The Kier molecular flexibility index (Phi) is 5.93. The molecule has 4 heteroatoms. The Morgan fingerprint density at radius 1 is 0.903 bits per heavy atom. The van der Waals surface area contributed by atoms with E-state index < -0.39 is 11.6 Å². The fourth-order valence-electron chi connectivity index (χ4n) is 8.76. The van der Waals surface area contributed by atoms with E-state index in [1.807, 2.05) is 6.08 Å². The van der Waals surface area contributed by atoms with Gasteiger partial charge in [0.05, 0.1) is 11.5 Å². The summed E-state index contributed by atoms with van der Waals surface area (Å²) in [6.07, 6.45) is 9.51. The zero-order valence-electron chi connectivity index (χ0n) is 20.1. The first-order valence-corrected chi connectivity index (χ1v) is 12.7. The van der Waals surface area contributed by atoms with Gasteiger partial charge in [0, 0.05) is 0 Å². The largest absolute Gasteiger partial charge is 0.397 e. The molecular weight excluding hydrogens is 397 g/mol. The van der Waals surface area contributed by atoms with Crippen LogP contribution in [0.15, 0.2) is 12.2 Å². The number of hydrogen-bond donors (Lipinski definition) is 1. The Morgan fingerprint density at radius 2 is 1.55 bits per heavy atom. The monoisotopic (exact) mass is 440 g/mol. The highest BCUT2D eigenvalue weighted by atomic mass is 19.4. The van der Waals surface area contributed by atoms with Crippen molar-refractivity contribution in [1.82, 2.24) is 0 Å². The lowest BCUT2D eigenvalue weighted by atomic mass is 9.44. The number of fused-ring (bicyclic) bond motifs is 5. The number of allylic oxidation sites excluding steroid dienone is 2. The van der Waals surface area contributed by atoms with E-state index in [9.17, 15) is 18.3 Å². The highest BCUT2D eigenvalue weighted by Crippen LogP contribution is 2.68. The summed E-state index contributed by atoms with van der Waals surface area (Å²) in [6, 6.07) is 0. The van der Waals surface area contributed by atoms with Crippen LogP contribution in [0, 0.1) is 51.8 Å². The second-order valence-corrected chi connectivity index (χ2v) is 12.8. The first kappa shape index (κ1) is 23.6. The predicted octanol–water partition coefficient (Wildman–Crippen LogP) is 7.79. The fraction of sp³-hybridized carbons (Fsp3) is 0.926. The van der Waals surface area contributed by atoms with Crippen molar-refractivity contribution < 1.29 is 18.3 Å². The molecule has 4 aliphatic carbocycles. The van der Waals surface area contributed by atoms with Crippen LogP contribution >= 0.6 is 0 Å². The molecule has 0 amide bonds. The van der Waals surface area contributed by atoms with E-state index in [0.717, 1.165) is 31.1 Å². The minimum Gasteiger partial charge on any atom is -0.393 e. The molecule has 4 saturated carbocycles. The van der Waals surface area contributed by atoms with Gasteiger partial charge in [-0.05, 0) is 118 Å². The summed E-state index contributed by atoms with van der Waals surface area (Å²) in [6.45, 7) is 9.68. The molecule has 1 nitrogen and oxygen atoms in total. The number of alkyl halides is 3. The highest BCUT2D eigenvalue weighted by Gasteiger charge is 2.60. The maximum atomic E-state index is 13.3. The smallest absolute Gasteiger partial charge is 0.393 e. The Bertz CT molecular complexity index is 697. The second-order valence-electron chi connectivity index (χ2n) is 12.8. The molecule has 0 bridgehead atoms. The third kappa shape index (κ3) is 3.81. The third-order valence-electron chi connectivity index (χ3n) is 10.9. The molecular formula is C27H43F3O. The first-order chi connectivity index (χ1) is 14.3. The molecule has 1 N–H and O–H groups in total. The summed E-state index contributed by atoms with van der Waals surface area (Å²) in [4.78, 5) is 0. The van der Waals surface area contributed by atoms with Gasteiger partial charge in [0.15, 0.2) is 0 Å². The standard InChI is InChI=1S/C27H43F3O/c1-17(10-13-24(2,3)27(28,29)30)21-8-9-22-20-7-6-18-16-19(31)11-14-25(18,4)23(20)12-15-26(21,22)5/h10,13,17-23,31H,6-9,11-12,14-16H2,1-5H3/b13-10+/t17-,18-,19-,20?,21?,22?,23?,25+,26-/m1/s1. The van der Waals surface area contributed by atoms with Gasteiger partial charge in [-0.3, -0.25) is 0 Å². The maximum Gasteiger partial charge on any atom is 0.397 e. The summed E-state index contributed by atoms with van der Waals surface area (Å²) in [5.41, 5.74) is -1.13. The fourth-order valence-corrected chi connectivity index (χ4v) is 8.76. The average Bonchev–Trinajstić information content (AvgIpc) is 3.03. The van der Waals surface area contributed by atoms with Crippen LogP contribution in [0.2, 0.25) is 0 Å². The van der Waals surface area contributed by atoms with Crippen LogP contribution in [0.5, 0.6) is 0 Å². The van der Waals surface area contributed by atoms with Crippen LogP contribution in [0.4, 0.5) is 13.2 Å². The van der Waals surface area contributed by atoms with Crippen LogP contribution in [-0.2, 0) is 0 Å². The van der Waals surface area contributed by atoms with Crippen molar-refractivity contribution in [3.8, 4) is 0 Å². The Labute approximate surface area is 187 Å². The van der Waals surface area contributed by atoms with Gasteiger partial charge in [0.25, 0.3) is 0 Å². The molecule has 4 rings (SSSR count). The molecule has 4 unspecified atom stereocenters. The molecule has 0 spiro atoms. The van der Waals surface area contributed by atoms with E-state index in [0.29, 0.717) is 23.2 Å². The molecule has 31 heavy (non-hydrogen) atoms. The van der Waals surface area contributed by atoms with Crippen molar-refractivity contribution >= 4 is 0 Å². The summed E-state index contributed by atoms with van der Waals surface area (Å²) < 4.78 is 40.0. The Hall–Kier alpha value is -0.510. The van der Waals surface area contributed by atoms with E-state index in [4.69, 9.17) is 0 Å². The SMILES string of the molecule is C[C@H](/C=C/C(C)(C)C(F)(F)F)C1CCC2C3CC[C@@H]4C[C@H](O)CC[C@]4(C)C3CC[C@@]21C. The number of hydrogen-bond acceptors (Lipinski definition) is 1. The summed E-state index contributed by atoms with van der Waals surface area (Å²) in [5.74, 6) is 3.59. The minimum atomic E-state index is -4.20. The van der Waals surface area contributed by atoms with Gasteiger partial charge in [-0.2, -0.15) is 13.2 Å². The lowest BCUT2D eigenvalue weighted by Crippen LogP contribution is -2.54. The minimum absolute atomic E-state index is 0.104. The summed E-state index contributed by atoms with van der Waals surface area (Å²) >= 11 is 0. The molecule has 0 radical (unpaired) electrons. The third-order valence-corrected chi connectivity index (χ3v) is 10.9. The van der Waals surface area contributed by atoms with Crippen molar-refractivity contribution in [2.75, 3.05) is 0 Å². The van der Waals surface area contributed by atoms with Crippen molar-refractivity contribution in [3.05, 3.63) is 12.2 Å². The summed E-state index contributed by atoms with van der Waals surface area (Å²) in [7, 11) is 0. The Morgan fingerprint density at radius 3 is 2.23 bits per heavy atom. The number of aliphatic hydroxyl groups excluding tert-OH is 1. The van der Waals surface area contributed by atoms with E-state index >= 15 is 0 Å². The van der Waals surface area contributed by atoms with Crippen LogP contribution in [0.25, 0.3) is 0 Å². The van der Waals surface area contributed by atoms with Crippen molar-refractivity contribution in [3.63, 3.8) is 0 Å². The molecule has 178 valence electrons. The topological polar surface area (TPSA) is 20.2 Å². The van der Waals surface area contributed by atoms with Crippen LogP contribution < -0.4 is 0 Å². The average molecular weight is 441 g/mol. The zero-order chi connectivity index (χ0) is 22.8. The molecule has 0 saturated heterocycles. The van der Waals surface area contributed by atoms with Crippen LogP contribution in [0.1, 0.15) is 92.4 Å². The van der Waals surface area contributed by atoms with E-state index in [1.54, 1.807) is 0 Å². The molecule has 4 fully saturated rings. The van der Waals surface area contributed by atoms with E-state index in [-0.39, 0.29) is 17.4 Å². The van der Waals surface area contributed by atoms with Gasteiger partial charge < -0.3 is 5.11 Å². The van der Waals surface area contributed by atoms with Crippen molar-refractivity contribution in [1.29, 1.82) is 0 Å². The maximum absolute atomic E-state index is 13.3. The van der Waals surface area contributed by atoms with Crippen molar-refractivity contribution in [2.24, 2.45) is 51.8 Å². The van der Waals surface area contributed by atoms with E-state index in [1.165, 1.54) is 58.4 Å². The van der Waals surface area contributed by atoms with Gasteiger partial charge in [-0.1, -0.05) is 32.9 Å². The van der Waals surface area contributed by atoms with Crippen molar-refractivity contribution in [2.45, 2.75) is 105 Å². The number of aliphatic hydroxyl groups is 1. The normalized spacial score (nSPS) is 47.0. The molecule has 4 aliphatic rings. The highest BCUT2D eigenvalue weighted by molar-refractivity contribution is 5.12. The molecule has 0 aliphatic heterocycles. The Balaban J connectivity index is 1.51.